The van der Waals surface area contributed by atoms with E-state index in [9.17, 15) is 23.2 Å². The van der Waals surface area contributed by atoms with E-state index in [0.717, 1.165) is 17.8 Å². The number of aromatic nitrogens is 4. The zero-order chi connectivity index (χ0) is 23.6. The van der Waals surface area contributed by atoms with E-state index in [1.165, 1.54) is 12.4 Å². The highest BCUT2D eigenvalue weighted by atomic mass is 19.4. The number of benzene rings is 1. The number of carbonyl (C=O) groups excluding carboxylic acids is 1. The average Bonchev–Trinajstić information content (AvgIpc) is 3.25. The van der Waals surface area contributed by atoms with Gasteiger partial charge in [-0.2, -0.15) is 18.4 Å². The Balaban J connectivity index is 1.64. The quantitative estimate of drug-likeness (QED) is 0.424. The van der Waals surface area contributed by atoms with E-state index in [-0.39, 0.29) is 34.1 Å². The van der Waals surface area contributed by atoms with Gasteiger partial charge in [0.25, 0.3) is 5.91 Å². The van der Waals surface area contributed by atoms with Crippen molar-refractivity contribution in [3.05, 3.63) is 71.2 Å². The first-order chi connectivity index (χ1) is 15.8. The monoisotopic (exact) mass is 451 g/mol. The third-order valence-corrected chi connectivity index (χ3v) is 4.92. The number of rotatable bonds is 5. The highest BCUT2D eigenvalue weighted by molar-refractivity contribution is 5.94. The molecule has 0 aliphatic heterocycles. The van der Waals surface area contributed by atoms with Crippen LogP contribution in [0.15, 0.2) is 48.9 Å². The maximum absolute atomic E-state index is 13.2. The highest BCUT2D eigenvalue weighted by Crippen LogP contribution is 2.34. The lowest BCUT2D eigenvalue weighted by atomic mass is 10.1. The van der Waals surface area contributed by atoms with Gasteiger partial charge in [0.05, 0.1) is 23.0 Å². The summed E-state index contributed by atoms with van der Waals surface area (Å²) < 4.78 is 39.5. The molecule has 0 aliphatic carbocycles. The number of fused-ring (bicyclic) bond motifs is 1. The summed E-state index contributed by atoms with van der Waals surface area (Å²) in [6.45, 7) is 0.326. The van der Waals surface area contributed by atoms with Gasteiger partial charge in [0, 0.05) is 42.5 Å². The molecule has 0 fully saturated rings. The molecule has 4 aromatic rings. The Bertz CT molecular complexity index is 1370. The van der Waals surface area contributed by atoms with Crippen LogP contribution in [0.5, 0.6) is 0 Å². The normalized spacial score (nSPS) is 11.2. The molecule has 1 aromatic carbocycles. The lowest BCUT2D eigenvalue weighted by Crippen LogP contribution is -2.17. The zero-order valence-electron chi connectivity index (χ0n) is 17.2. The smallest absolute Gasteiger partial charge is 0.355 e. The molecule has 0 bridgehead atoms. The second-order valence-electron chi connectivity index (χ2n) is 7.02. The fourth-order valence-corrected chi connectivity index (χ4v) is 3.21. The minimum Gasteiger partial charge on any atom is -0.355 e. The van der Waals surface area contributed by atoms with Gasteiger partial charge < -0.3 is 15.6 Å². The molecule has 0 aliphatic rings. The molecule has 8 nitrogen and oxygen atoms in total. The molecule has 3 N–H and O–H groups in total. The summed E-state index contributed by atoms with van der Waals surface area (Å²) in [7, 11) is 1.55. The number of amides is 1. The molecule has 4 rings (SSSR count). The van der Waals surface area contributed by atoms with Crippen LogP contribution in [0.1, 0.15) is 27.0 Å². The van der Waals surface area contributed by atoms with Crippen molar-refractivity contribution in [1.29, 1.82) is 5.26 Å². The van der Waals surface area contributed by atoms with Crippen molar-refractivity contribution in [2.45, 2.75) is 12.7 Å². The first-order valence-corrected chi connectivity index (χ1v) is 9.67. The molecular weight excluding hydrogens is 435 g/mol. The predicted molar refractivity (Wildman–Crippen MR) is 114 cm³/mol. The molecule has 0 spiro atoms. The van der Waals surface area contributed by atoms with Gasteiger partial charge in [-0.15, -0.1) is 0 Å². The van der Waals surface area contributed by atoms with E-state index in [0.29, 0.717) is 17.7 Å². The number of nitriles is 1. The second kappa shape index (κ2) is 8.58. The highest BCUT2D eigenvalue weighted by Gasteiger charge is 2.31. The predicted octanol–water partition coefficient (Wildman–Crippen LogP) is 3.88. The summed E-state index contributed by atoms with van der Waals surface area (Å²) >= 11 is 0. The average molecular weight is 451 g/mol. The molecule has 0 saturated carbocycles. The number of carbonyl (C=O) groups is 1. The zero-order valence-corrected chi connectivity index (χ0v) is 17.2. The second-order valence-corrected chi connectivity index (χ2v) is 7.02. The Morgan fingerprint density at radius 1 is 1.18 bits per heavy atom. The fraction of sp³-hybridized carbons (Fsp3) is 0.136. The number of nitrogens with one attached hydrogen (secondary N) is 3. The standard InChI is InChI=1S/C22H16F3N7O/c1-27-20(33)13-4-2-12(3-5-13)8-30-21-31-9-14(7-26)18(32-21)17-11-29-19-16(17)6-15(10-28-19)22(23,24)25/h2-6,9-11H,8H2,1H3,(H,27,33)(H,28,29)(H,30,31,32). The van der Waals surface area contributed by atoms with E-state index in [1.54, 1.807) is 31.3 Å². The van der Waals surface area contributed by atoms with Gasteiger partial charge in [-0.1, -0.05) is 12.1 Å². The number of hydrogen-bond acceptors (Lipinski definition) is 6. The first kappa shape index (κ1) is 21.8. The molecule has 0 unspecified atom stereocenters. The molecule has 0 saturated heterocycles. The lowest BCUT2D eigenvalue weighted by molar-refractivity contribution is -0.137. The third-order valence-electron chi connectivity index (χ3n) is 4.92. The van der Waals surface area contributed by atoms with Gasteiger partial charge in [0.15, 0.2) is 0 Å². The van der Waals surface area contributed by atoms with Crippen molar-refractivity contribution in [2.75, 3.05) is 12.4 Å². The van der Waals surface area contributed by atoms with Crippen molar-refractivity contribution in [2.24, 2.45) is 0 Å². The number of hydrogen-bond donors (Lipinski definition) is 3. The Kier molecular flexibility index (Phi) is 5.66. The van der Waals surface area contributed by atoms with Crippen LogP contribution >= 0.6 is 0 Å². The van der Waals surface area contributed by atoms with Crippen LogP contribution in [-0.4, -0.2) is 32.9 Å². The van der Waals surface area contributed by atoms with Crippen molar-refractivity contribution >= 4 is 22.9 Å². The van der Waals surface area contributed by atoms with E-state index in [2.05, 4.69) is 30.6 Å². The fourth-order valence-electron chi connectivity index (χ4n) is 3.21. The van der Waals surface area contributed by atoms with Crippen molar-refractivity contribution in [1.82, 2.24) is 25.3 Å². The van der Waals surface area contributed by atoms with Gasteiger partial charge in [0.1, 0.15) is 11.7 Å². The first-order valence-electron chi connectivity index (χ1n) is 9.67. The molecule has 11 heteroatoms. The molecule has 0 radical (unpaired) electrons. The van der Waals surface area contributed by atoms with E-state index < -0.39 is 11.7 Å². The molecule has 1 amide bonds. The Morgan fingerprint density at radius 2 is 1.94 bits per heavy atom. The van der Waals surface area contributed by atoms with E-state index in [4.69, 9.17) is 0 Å². The largest absolute Gasteiger partial charge is 0.417 e. The van der Waals surface area contributed by atoms with Crippen LogP contribution < -0.4 is 10.6 Å². The van der Waals surface area contributed by atoms with Crippen LogP contribution in [0.25, 0.3) is 22.3 Å². The Morgan fingerprint density at radius 3 is 2.61 bits per heavy atom. The van der Waals surface area contributed by atoms with Gasteiger partial charge in [-0.05, 0) is 23.8 Å². The van der Waals surface area contributed by atoms with Crippen LogP contribution in [0.2, 0.25) is 0 Å². The van der Waals surface area contributed by atoms with Crippen LogP contribution in [0.4, 0.5) is 19.1 Å². The Hall–Kier alpha value is -4.46. The molecular formula is C22H16F3N7O. The topological polar surface area (TPSA) is 119 Å². The lowest BCUT2D eigenvalue weighted by Gasteiger charge is -2.09. The number of aromatic amines is 1. The summed E-state index contributed by atoms with van der Waals surface area (Å²) in [4.78, 5) is 26.8. The van der Waals surface area contributed by atoms with E-state index >= 15 is 0 Å². The van der Waals surface area contributed by atoms with Crippen LogP contribution in [0.3, 0.4) is 0 Å². The number of H-pyrrole nitrogens is 1. The number of anilines is 1. The molecule has 166 valence electrons. The van der Waals surface area contributed by atoms with Crippen LogP contribution in [-0.2, 0) is 12.7 Å². The third kappa shape index (κ3) is 4.45. The van der Waals surface area contributed by atoms with Gasteiger partial charge >= 0.3 is 6.18 Å². The SMILES string of the molecule is CNC(=O)c1ccc(CNc2ncc(C#N)c(-c3c[nH]c4ncc(C(F)(F)F)cc34)n2)cc1. The molecule has 3 heterocycles. The van der Waals surface area contributed by atoms with Crippen molar-refractivity contribution in [3.63, 3.8) is 0 Å². The minimum atomic E-state index is -4.56. The van der Waals surface area contributed by atoms with Gasteiger partial charge in [0.2, 0.25) is 5.95 Å². The van der Waals surface area contributed by atoms with Crippen molar-refractivity contribution in [3.8, 4) is 17.3 Å². The number of pyridine rings is 1. The minimum absolute atomic E-state index is 0.105. The van der Waals surface area contributed by atoms with Crippen molar-refractivity contribution < 1.29 is 18.0 Å². The summed E-state index contributed by atoms with van der Waals surface area (Å²) in [5.41, 5.74) is 1.30. The van der Waals surface area contributed by atoms with Crippen LogP contribution in [0, 0.1) is 11.3 Å². The maximum atomic E-state index is 13.2. The van der Waals surface area contributed by atoms with E-state index in [1.807, 2.05) is 6.07 Å². The number of nitrogens with zero attached hydrogens (tertiary/aromatic N) is 4. The number of halogens is 3. The van der Waals surface area contributed by atoms with Gasteiger partial charge in [-0.3, -0.25) is 4.79 Å². The maximum Gasteiger partial charge on any atom is 0.417 e. The Labute approximate surface area is 185 Å². The summed E-state index contributed by atoms with van der Waals surface area (Å²) in [6.07, 6.45) is -1.04. The summed E-state index contributed by atoms with van der Waals surface area (Å²) in [6, 6.07) is 9.84. The summed E-state index contributed by atoms with van der Waals surface area (Å²) in [5, 5.41) is 15.2. The molecule has 0 atom stereocenters. The molecule has 3 aromatic heterocycles. The molecule has 33 heavy (non-hydrogen) atoms. The summed E-state index contributed by atoms with van der Waals surface area (Å²) in [5.74, 6) is -0.00913. The van der Waals surface area contributed by atoms with Gasteiger partial charge in [-0.25, -0.2) is 15.0 Å². The number of alkyl halides is 3.